The molecule has 9 aromatic rings. The van der Waals surface area contributed by atoms with Gasteiger partial charge in [-0.1, -0.05) is 146 Å². The number of hydrogen-bond donors (Lipinski definition) is 0. The van der Waals surface area contributed by atoms with E-state index in [1.165, 1.54) is 49.7 Å². The van der Waals surface area contributed by atoms with E-state index in [2.05, 4.69) is 199 Å². The third kappa shape index (κ3) is 4.34. The van der Waals surface area contributed by atoms with Gasteiger partial charge in [-0.05, 0) is 115 Å². The second kappa shape index (κ2) is 11.8. The van der Waals surface area contributed by atoms with E-state index in [1.54, 1.807) is 0 Å². The molecule has 0 N–H and O–H groups in total. The number of fused-ring (bicyclic) bond motifs is 14. The first-order valence-corrected chi connectivity index (χ1v) is 19.2. The van der Waals surface area contributed by atoms with Gasteiger partial charge in [0.2, 0.25) is 0 Å². The molecule has 12 rings (SSSR count). The quantitative estimate of drug-likeness (QED) is 0.181. The molecular formula is C53H33NO2. The van der Waals surface area contributed by atoms with Crippen molar-refractivity contribution in [3.8, 4) is 56.4 Å². The fraction of sp³-hybridized carbons (Fsp3) is 0.0189. The molecule has 0 amide bonds. The Hall–Kier alpha value is -7.36. The first kappa shape index (κ1) is 31.0. The van der Waals surface area contributed by atoms with E-state index in [1.807, 2.05) is 6.07 Å². The summed E-state index contributed by atoms with van der Waals surface area (Å²) in [5, 5.41) is 2.44. The van der Waals surface area contributed by atoms with Crippen LogP contribution in [0, 0.1) is 0 Å². The molecular weight excluding hydrogens is 683 g/mol. The zero-order chi connectivity index (χ0) is 36.8. The van der Waals surface area contributed by atoms with E-state index in [-0.39, 0.29) is 0 Å². The van der Waals surface area contributed by atoms with Crippen LogP contribution >= 0.6 is 0 Å². The van der Waals surface area contributed by atoms with Crippen LogP contribution in [0.2, 0.25) is 0 Å². The average Bonchev–Trinajstić information content (AvgIpc) is 3.74. The van der Waals surface area contributed by atoms with Crippen molar-refractivity contribution >= 4 is 27.8 Å². The summed E-state index contributed by atoms with van der Waals surface area (Å²) in [6.07, 6.45) is 0. The van der Waals surface area contributed by atoms with Gasteiger partial charge in [-0.25, -0.2) is 0 Å². The number of hydrogen-bond acceptors (Lipinski definition) is 3. The molecule has 0 unspecified atom stereocenters. The molecule has 0 saturated carbocycles. The zero-order valence-corrected chi connectivity index (χ0v) is 30.3. The third-order valence-corrected chi connectivity index (χ3v) is 11.9. The van der Waals surface area contributed by atoms with Crippen molar-refractivity contribution in [3.05, 3.63) is 222 Å². The highest BCUT2D eigenvalue weighted by molar-refractivity contribution is 5.98. The molecule has 3 aliphatic rings. The van der Waals surface area contributed by atoms with E-state index in [0.29, 0.717) is 11.5 Å². The number of ether oxygens (including phenoxy) is 2. The summed E-state index contributed by atoms with van der Waals surface area (Å²) in [6, 6.07) is 71.6. The first-order valence-electron chi connectivity index (χ1n) is 19.2. The Balaban J connectivity index is 0.915. The lowest BCUT2D eigenvalue weighted by Crippen LogP contribution is -2.25. The molecule has 1 spiro atoms. The van der Waals surface area contributed by atoms with Crippen molar-refractivity contribution < 1.29 is 9.47 Å². The number of nitrogens with zero attached hydrogens (tertiary/aromatic N) is 1. The van der Waals surface area contributed by atoms with Gasteiger partial charge in [0.25, 0.3) is 0 Å². The maximum Gasteiger partial charge on any atom is 0.178 e. The number of rotatable bonds is 4. The lowest BCUT2D eigenvalue weighted by atomic mass is 9.70. The molecule has 1 heterocycles. The van der Waals surface area contributed by atoms with E-state index >= 15 is 0 Å². The van der Waals surface area contributed by atoms with Crippen LogP contribution in [0.3, 0.4) is 0 Å². The van der Waals surface area contributed by atoms with Gasteiger partial charge in [-0.15, -0.1) is 0 Å². The number of benzene rings is 9. The molecule has 0 bridgehead atoms. The summed E-state index contributed by atoms with van der Waals surface area (Å²) in [7, 11) is 0. The fourth-order valence-corrected chi connectivity index (χ4v) is 9.54. The van der Waals surface area contributed by atoms with Crippen molar-refractivity contribution in [2.75, 3.05) is 4.90 Å². The van der Waals surface area contributed by atoms with Crippen LogP contribution in [-0.4, -0.2) is 0 Å². The largest absolute Gasteiger partial charge is 0.449 e. The number of anilines is 3. The predicted molar refractivity (Wildman–Crippen MR) is 227 cm³/mol. The molecule has 2 aliphatic carbocycles. The van der Waals surface area contributed by atoms with Gasteiger partial charge < -0.3 is 14.4 Å². The molecule has 56 heavy (non-hydrogen) atoms. The minimum atomic E-state index is -0.432. The van der Waals surface area contributed by atoms with Crippen LogP contribution in [-0.2, 0) is 5.41 Å². The minimum Gasteiger partial charge on any atom is -0.449 e. The summed E-state index contributed by atoms with van der Waals surface area (Å²) >= 11 is 0. The molecule has 0 saturated heterocycles. The topological polar surface area (TPSA) is 21.7 Å². The maximum atomic E-state index is 6.89. The van der Waals surface area contributed by atoms with Crippen molar-refractivity contribution in [1.29, 1.82) is 0 Å². The van der Waals surface area contributed by atoms with Gasteiger partial charge in [0.15, 0.2) is 23.0 Å². The van der Waals surface area contributed by atoms with Crippen LogP contribution in [0.15, 0.2) is 200 Å². The molecule has 262 valence electrons. The van der Waals surface area contributed by atoms with Gasteiger partial charge in [0.05, 0.1) is 5.41 Å². The summed E-state index contributed by atoms with van der Waals surface area (Å²) in [5.41, 5.74) is 15.0. The van der Waals surface area contributed by atoms with Gasteiger partial charge in [0.1, 0.15) is 0 Å². The normalized spacial score (nSPS) is 13.4. The van der Waals surface area contributed by atoms with Crippen LogP contribution in [0.5, 0.6) is 23.0 Å². The molecule has 0 radical (unpaired) electrons. The molecule has 0 aromatic heterocycles. The first-order chi connectivity index (χ1) is 27.8. The average molecular weight is 716 g/mol. The van der Waals surface area contributed by atoms with E-state index in [9.17, 15) is 0 Å². The molecule has 1 aliphatic heterocycles. The van der Waals surface area contributed by atoms with Crippen molar-refractivity contribution in [2.24, 2.45) is 0 Å². The summed E-state index contributed by atoms with van der Waals surface area (Å²) < 4.78 is 13.6. The number of para-hydroxylation sites is 1. The van der Waals surface area contributed by atoms with E-state index in [4.69, 9.17) is 9.47 Å². The highest BCUT2D eigenvalue weighted by Gasteiger charge is 2.53. The monoisotopic (exact) mass is 715 g/mol. The lowest BCUT2D eigenvalue weighted by molar-refractivity contribution is 0.360. The fourth-order valence-electron chi connectivity index (χ4n) is 9.54. The van der Waals surface area contributed by atoms with Crippen LogP contribution in [0.4, 0.5) is 17.1 Å². The minimum absolute atomic E-state index is 0.432. The maximum absolute atomic E-state index is 6.89. The standard InChI is InChI=1S/C53H33NO2/c1-2-14-38(15-3-1)54(40-28-24-34-12-4-5-13-36(34)32-40)39-26-22-35(23-27-39)37-25-30-48-50(33-37)55-49-31-29-47-51(52(49)56-48)43-18-8-11-21-46(43)53(47)44-19-9-6-16-41(44)42-17-7-10-20-45(42)53/h1-33H. The Morgan fingerprint density at radius 1 is 0.339 bits per heavy atom. The Kier molecular flexibility index (Phi) is 6.55. The third-order valence-electron chi connectivity index (χ3n) is 11.9. The van der Waals surface area contributed by atoms with Gasteiger partial charge in [-0.2, -0.15) is 0 Å². The van der Waals surface area contributed by atoms with Crippen LogP contribution < -0.4 is 14.4 Å². The zero-order valence-electron chi connectivity index (χ0n) is 30.3. The van der Waals surface area contributed by atoms with Crippen LogP contribution in [0.1, 0.15) is 22.3 Å². The van der Waals surface area contributed by atoms with E-state index in [0.717, 1.165) is 45.3 Å². The van der Waals surface area contributed by atoms with Crippen molar-refractivity contribution in [3.63, 3.8) is 0 Å². The Bertz CT molecular complexity index is 2990. The van der Waals surface area contributed by atoms with E-state index < -0.39 is 5.41 Å². The van der Waals surface area contributed by atoms with Crippen molar-refractivity contribution in [1.82, 2.24) is 0 Å². The second-order valence-electron chi connectivity index (χ2n) is 14.8. The smallest absolute Gasteiger partial charge is 0.178 e. The second-order valence-corrected chi connectivity index (χ2v) is 14.8. The summed E-state index contributed by atoms with van der Waals surface area (Å²) in [5.74, 6) is 2.92. The molecule has 0 atom stereocenters. The van der Waals surface area contributed by atoms with Gasteiger partial charge in [0, 0.05) is 22.6 Å². The highest BCUT2D eigenvalue weighted by Crippen LogP contribution is 2.66. The molecule has 3 nitrogen and oxygen atoms in total. The Morgan fingerprint density at radius 3 is 1.66 bits per heavy atom. The molecule has 3 heteroatoms. The SMILES string of the molecule is c1ccc(N(c2ccc(-c3ccc4c(c3)Oc3ccc5c(c3O4)-c3ccccc3C53c4ccccc4-c4ccccc43)cc2)c2ccc3ccccc3c2)cc1. The summed E-state index contributed by atoms with van der Waals surface area (Å²) in [4.78, 5) is 2.31. The van der Waals surface area contributed by atoms with Crippen LogP contribution in [0.25, 0.3) is 44.2 Å². The van der Waals surface area contributed by atoms with Gasteiger partial charge in [-0.3, -0.25) is 0 Å². The molecule has 9 aromatic carbocycles. The summed E-state index contributed by atoms with van der Waals surface area (Å²) in [6.45, 7) is 0. The Morgan fingerprint density at radius 2 is 0.911 bits per heavy atom. The predicted octanol–water partition coefficient (Wildman–Crippen LogP) is 14.2. The van der Waals surface area contributed by atoms with Crippen molar-refractivity contribution in [2.45, 2.75) is 5.41 Å². The highest BCUT2D eigenvalue weighted by atomic mass is 16.6. The molecule has 0 fully saturated rings. The van der Waals surface area contributed by atoms with Gasteiger partial charge >= 0.3 is 0 Å². The Labute approximate surface area is 325 Å². The lowest BCUT2D eigenvalue weighted by Gasteiger charge is -2.31.